The predicted molar refractivity (Wildman–Crippen MR) is 68.4 cm³/mol. The van der Waals surface area contributed by atoms with Gasteiger partial charge in [-0.1, -0.05) is 0 Å². The van der Waals surface area contributed by atoms with Crippen LogP contribution in [0.1, 0.15) is 19.3 Å². The summed E-state index contributed by atoms with van der Waals surface area (Å²) in [6.45, 7) is 5.30. The van der Waals surface area contributed by atoms with E-state index in [1.807, 2.05) is 4.90 Å². The van der Waals surface area contributed by atoms with Crippen LogP contribution in [0.2, 0.25) is 0 Å². The first-order chi connectivity index (χ1) is 8.78. The summed E-state index contributed by atoms with van der Waals surface area (Å²) >= 11 is 0. The van der Waals surface area contributed by atoms with Gasteiger partial charge in [-0.2, -0.15) is 0 Å². The van der Waals surface area contributed by atoms with Crippen molar-refractivity contribution in [2.24, 2.45) is 5.41 Å². The molecular weight excluding hydrogens is 232 g/mol. The van der Waals surface area contributed by atoms with Crippen molar-refractivity contribution in [2.45, 2.75) is 19.3 Å². The lowest BCUT2D eigenvalue weighted by Crippen LogP contribution is -2.52. The third kappa shape index (κ3) is 3.02. The second-order valence-corrected chi connectivity index (χ2v) is 5.22. The summed E-state index contributed by atoms with van der Waals surface area (Å²) in [4.78, 5) is 14.8. The number of carbonyl (C=O) groups is 1. The Bertz CT molecular complexity index is 264. The Hall–Kier alpha value is -0.650. The van der Waals surface area contributed by atoms with Gasteiger partial charge >= 0.3 is 0 Å². The van der Waals surface area contributed by atoms with Crippen LogP contribution >= 0.6 is 0 Å². The van der Waals surface area contributed by atoms with E-state index in [1.54, 1.807) is 7.11 Å². The summed E-state index contributed by atoms with van der Waals surface area (Å²) in [7, 11) is 1.68. The molecule has 104 valence electrons. The average Bonchev–Trinajstić information content (AvgIpc) is 2.68. The van der Waals surface area contributed by atoms with E-state index in [2.05, 4.69) is 5.32 Å². The number of nitrogens with zero attached hydrogens (tertiary/aromatic N) is 1. The Labute approximate surface area is 109 Å². The van der Waals surface area contributed by atoms with Crippen molar-refractivity contribution in [3.8, 4) is 0 Å². The zero-order valence-corrected chi connectivity index (χ0v) is 11.2. The van der Waals surface area contributed by atoms with E-state index in [1.165, 1.54) is 0 Å². The van der Waals surface area contributed by atoms with E-state index < -0.39 is 0 Å². The molecule has 2 heterocycles. The molecule has 2 saturated heterocycles. The molecule has 0 atom stereocenters. The van der Waals surface area contributed by atoms with Crippen LogP contribution in [-0.2, 0) is 14.3 Å². The molecule has 5 nitrogen and oxygen atoms in total. The molecule has 0 aromatic rings. The molecule has 0 aromatic heterocycles. The molecule has 2 aliphatic rings. The molecule has 0 aromatic carbocycles. The van der Waals surface area contributed by atoms with E-state index in [-0.39, 0.29) is 11.3 Å². The second kappa shape index (κ2) is 6.50. The van der Waals surface area contributed by atoms with Gasteiger partial charge in [0.25, 0.3) is 0 Å². The van der Waals surface area contributed by atoms with E-state index in [9.17, 15) is 4.79 Å². The minimum atomic E-state index is -0.315. The molecule has 2 fully saturated rings. The topological polar surface area (TPSA) is 50.8 Å². The molecule has 0 radical (unpaired) electrons. The Balaban J connectivity index is 2.06. The fraction of sp³-hybridized carbons (Fsp3) is 0.923. The Morgan fingerprint density at radius 1 is 1.33 bits per heavy atom. The third-order valence-corrected chi connectivity index (χ3v) is 3.94. The Kier molecular flexibility index (Phi) is 4.97. The first kappa shape index (κ1) is 13.8. The fourth-order valence-corrected chi connectivity index (χ4v) is 2.89. The van der Waals surface area contributed by atoms with Crippen LogP contribution in [0.4, 0.5) is 0 Å². The van der Waals surface area contributed by atoms with Gasteiger partial charge in [-0.15, -0.1) is 0 Å². The molecule has 0 saturated carbocycles. The maximum atomic E-state index is 12.8. The maximum absolute atomic E-state index is 12.8. The first-order valence-electron chi connectivity index (χ1n) is 6.85. The molecular formula is C13H24N2O3. The van der Waals surface area contributed by atoms with Crippen LogP contribution in [0.5, 0.6) is 0 Å². The van der Waals surface area contributed by atoms with Crippen molar-refractivity contribution in [1.82, 2.24) is 10.2 Å². The van der Waals surface area contributed by atoms with Crippen molar-refractivity contribution in [3.05, 3.63) is 0 Å². The molecule has 0 spiro atoms. The largest absolute Gasteiger partial charge is 0.384 e. The van der Waals surface area contributed by atoms with Crippen LogP contribution < -0.4 is 5.32 Å². The highest BCUT2D eigenvalue weighted by Gasteiger charge is 2.42. The van der Waals surface area contributed by atoms with Gasteiger partial charge in [0.2, 0.25) is 5.91 Å². The molecule has 18 heavy (non-hydrogen) atoms. The summed E-state index contributed by atoms with van der Waals surface area (Å²) in [5.41, 5.74) is -0.315. The summed E-state index contributed by atoms with van der Waals surface area (Å²) in [6.07, 6.45) is 2.68. The maximum Gasteiger partial charge on any atom is 0.231 e. The lowest BCUT2D eigenvalue weighted by atomic mass is 9.78. The summed E-state index contributed by atoms with van der Waals surface area (Å²) in [5, 5.41) is 3.32. The highest BCUT2D eigenvalue weighted by atomic mass is 16.5. The number of ether oxygens (including phenoxy) is 2. The van der Waals surface area contributed by atoms with Crippen molar-refractivity contribution in [2.75, 3.05) is 53.1 Å². The van der Waals surface area contributed by atoms with Crippen molar-refractivity contribution < 1.29 is 14.3 Å². The first-order valence-corrected chi connectivity index (χ1v) is 6.85. The molecule has 1 N–H and O–H groups in total. The van der Waals surface area contributed by atoms with Crippen molar-refractivity contribution >= 4 is 5.91 Å². The third-order valence-electron chi connectivity index (χ3n) is 3.94. The molecule has 1 amide bonds. The molecule has 0 unspecified atom stereocenters. The minimum absolute atomic E-state index is 0.261. The smallest absolute Gasteiger partial charge is 0.231 e. The van der Waals surface area contributed by atoms with E-state index >= 15 is 0 Å². The number of hydrogen-bond donors (Lipinski definition) is 1. The number of methoxy groups -OCH3 is 1. The zero-order valence-electron chi connectivity index (χ0n) is 11.2. The van der Waals surface area contributed by atoms with E-state index in [4.69, 9.17) is 9.47 Å². The van der Waals surface area contributed by atoms with Gasteiger partial charge in [0.15, 0.2) is 0 Å². The molecule has 2 rings (SSSR count). The highest BCUT2D eigenvalue weighted by molar-refractivity contribution is 5.83. The normalized spacial score (nSPS) is 24.6. The lowest BCUT2D eigenvalue weighted by Gasteiger charge is -2.39. The van der Waals surface area contributed by atoms with Crippen LogP contribution in [0, 0.1) is 5.41 Å². The zero-order chi connectivity index (χ0) is 12.8. The van der Waals surface area contributed by atoms with Gasteiger partial charge in [0.05, 0.1) is 18.6 Å². The number of nitrogens with one attached hydrogen (secondary N) is 1. The number of carbonyl (C=O) groups excluding carboxylic acids is 1. The molecule has 0 bridgehead atoms. The highest BCUT2D eigenvalue weighted by Crippen LogP contribution is 2.31. The van der Waals surface area contributed by atoms with Crippen LogP contribution in [0.15, 0.2) is 0 Å². The molecule has 2 aliphatic heterocycles. The number of rotatable bonds is 3. The predicted octanol–water partition coefficient (Wildman–Crippen LogP) is 0.252. The monoisotopic (exact) mass is 256 g/mol. The van der Waals surface area contributed by atoms with Crippen molar-refractivity contribution in [1.29, 1.82) is 0 Å². The number of piperidine rings is 1. The van der Waals surface area contributed by atoms with Gasteiger partial charge in [0, 0.05) is 26.8 Å². The van der Waals surface area contributed by atoms with Gasteiger partial charge in [0.1, 0.15) is 0 Å². The minimum Gasteiger partial charge on any atom is -0.384 e. The summed E-state index contributed by atoms with van der Waals surface area (Å²) in [5.74, 6) is 0.261. The van der Waals surface area contributed by atoms with E-state index in [0.717, 1.165) is 52.0 Å². The summed E-state index contributed by atoms with van der Waals surface area (Å²) < 4.78 is 10.7. The Morgan fingerprint density at radius 3 is 2.83 bits per heavy atom. The average molecular weight is 256 g/mol. The molecule has 5 heteroatoms. The SMILES string of the molecule is COCC1(C(=O)N2CCCOCC2)CCNCC1. The van der Waals surface area contributed by atoms with Gasteiger partial charge < -0.3 is 19.7 Å². The van der Waals surface area contributed by atoms with E-state index in [0.29, 0.717) is 13.2 Å². The number of hydrogen-bond acceptors (Lipinski definition) is 4. The quantitative estimate of drug-likeness (QED) is 0.786. The van der Waals surface area contributed by atoms with Crippen LogP contribution in [0.25, 0.3) is 0 Å². The summed E-state index contributed by atoms with van der Waals surface area (Å²) in [6, 6.07) is 0. The molecule has 0 aliphatic carbocycles. The van der Waals surface area contributed by atoms with Crippen LogP contribution in [-0.4, -0.2) is 63.9 Å². The second-order valence-electron chi connectivity index (χ2n) is 5.22. The number of amides is 1. The van der Waals surface area contributed by atoms with Gasteiger partial charge in [-0.25, -0.2) is 0 Å². The lowest BCUT2D eigenvalue weighted by molar-refractivity contribution is -0.147. The van der Waals surface area contributed by atoms with Gasteiger partial charge in [-0.3, -0.25) is 4.79 Å². The fourth-order valence-electron chi connectivity index (χ4n) is 2.89. The van der Waals surface area contributed by atoms with Crippen LogP contribution in [0.3, 0.4) is 0 Å². The Morgan fingerprint density at radius 2 is 2.11 bits per heavy atom. The van der Waals surface area contributed by atoms with Crippen molar-refractivity contribution in [3.63, 3.8) is 0 Å². The standard InChI is InChI=1S/C13H24N2O3/c1-17-11-13(3-5-14-6-4-13)12(16)15-7-2-9-18-10-8-15/h14H,2-11H2,1H3. The van der Waals surface area contributed by atoms with Gasteiger partial charge in [-0.05, 0) is 32.4 Å².